The normalized spacial score (nSPS) is 21.8. The zero-order chi connectivity index (χ0) is 21.9. The summed E-state index contributed by atoms with van der Waals surface area (Å²) in [5, 5.41) is 10.9. The molecule has 2 aromatic rings. The number of ether oxygens (including phenoxy) is 1. The van der Waals surface area contributed by atoms with Crippen molar-refractivity contribution in [1.29, 1.82) is 0 Å². The lowest BCUT2D eigenvalue weighted by atomic mass is 9.90. The van der Waals surface area contributed by atoms with Gasteiger partial charge in [0.2, 0.25) is 0 Å². The number of hydrogen-bond donors (Lipinski definition) is 4. The van der Waals surface area contributed by atoms with Crippen LogP contribution >= 0.6 is 11.6 Å². The van der Waals surface area contributed by atoms with E-state index in [2.05, 4.69) is 5.32 Å². The number of hydroxylamine groups is 1. The van der Waals surface area contributed by atoms with Gasteiger partial charge in [-0.05, 0) is 49.4 Å². The number of carbonyl (C=O) groups excluding carboxylic acids is 1. The first kappa shape index (κ1) is 22.4. The van der Waals surface area contributed by atoms with Gasteiger partial charge < -0.3 is 15.8 Å². The number of carbonyl (C=O) groups is 1. The number of sulfone groups is 1. The molecule has 5 N–H and O–H groups in total. The summed E-state index contributed by atoms with van der Waals surface area (Å²) >= 11 is 5.96. The molecule has 1 aliphatic rings. The molecule has 0 saturated carbocycles. The van der Waals surface area contributed by atoms with Gasteiger partial charge in [0, 0.05) is 12.1 Å². The first-order valence-corrected chi connectivity index (χ1v) is 11.0. The predicted molar refractivity (Wildman–Crippen MR) is 107 cm³/mol. The van der Waals surface area contributed by atoms with Crippen LogP contribution in [0.1, 0.15) is 12.0 Å². The van der Waals surface area contributed by atoms with E-state index in [1.165, 1.54) is 47.9 Å². The molecule has 2 aromatic carbocycles. The highest BCUT2D eigenvalue weighted by atomic mass is 35.5. The summed E-state index contributed by atoms with van der Waals surface area (Å²) in [4.78, 5) is 12.0. The SMILES string of the molecule is NC1(C(=O)NO)CNCCC1S(=O)(=O)c1ccc(OCc2ccc(F)cc2Cl)cc1. The molecule has 0 bridgehead atoms. The van der Waals surface area contributed by atoms with E-state index in [-0.39, 0.29) is 29.5 Å². The molecule has 1 saturated heterocycles. The molecule has 2 atom stereocenters. The van der Waals surface area contributed by atoms with Gasteiger partial charge in [0.05, 0.1) is 15.2 Å². The van der Waals surface area contributed by atoms with Crippen LogP contribution in [0.15, 0.2) is 47.4 Å². The van der Waals surface area contributed by atoms with Crippen LogP contribution < -0.4 is 21.3 Å². The monoisotopic (exact) mass is 457 g/mol. The number of nitrogens with two attached hydrogens (primary N) is 1. The number of benzene rings is 2. The Morgan fingerprint density at radius 3 is 2.67 bits per heavy atom. The van der Waals surface area contributed by atoms with Crippen LogP contribution in [0, 0.1) is 5.82 Å². The quantitative estimate of drug-likeness (QED) is 0.381. The number of piperidine rings is 1. The topological polar surface area (TPSA) is 131 Å². The van der Waals surface area contributed by atoms with E-state index in [0.717, 1.165) is 0 Å². The molecule has 30 heavy (non-hydrogen) atoms. The second kappa shape index (κ2) is 8.86. The number of nitrogens with one attached hydrogen (secondary N) is 2. The van der Waals surface area contributed by atoms with Gasteiger partial charge in [-0.2, -0.15) is 0 Å². The summed E-state index contributed by atoms with van der Waals surface area (Å²) in [7, 11) is -3.98. The number of amides is 1. The Morgan fingerprint density at radius 1 is 1.33 bits per heavy atom. The predicted octanol–water partition coefficient (Wildman–Crippen LogP) is 1.40. The van der Waals surface area contributed by atoms with Gasteiger partial charge in [0.15, 0.2) is 9.84 Å². The Kier molecular flexibility index (Phi) is 6.63. The number of hydrogen-bond acceptors (Lipinski definition) is 7. The molecule has 0 aromatic heterocycles. The second-order valence-electron chi connectivity index (χ2n) is 6.98. The molecule has 0 aliphatic carbocycles. The van der Waals surface area contributed by atoms with Gasteiger partial charge in [-0.15, -0.1) is 0 Å². The summed E-state index contributed by atoms with van der Waals surface area (Å²) in [5.41, 5.74) is 6.28. The highest BCUT2D eigenvalue weighted by Crippen LogP contribution is 2.29. The summed E-state index contributed by atoms with van der Waals surface area (Å²) in [5.74, 6) is -1.05. The molecule has 0 spiro atoms. The fourth-order valence-electron chi connectivity index (χ4n) is 3.35. The Balaban J connectivity index is 1.78. The lowest BCUT2D eigenvalue weighted by Crippen LogP contribution is -2.70. The Morgan fingerprint density at radius 2 is 2.03 bits per heavy atom. The van der Waals surface area contributed by atoms with Crippen LogP contribution in [-0.2, 0) is 21.2 Å². The second-order valence-corrected chi connectivity index (χ2v) is 9.51. The van der Waals surface area contributed by atoms with E-state index < -0.39 is 32.4 Å². The lowest BCUT2D eigenvalue weighted by molar-refractivity contribution is -0.135. The van der Waals surface area contributed by atoms with Crippen LogP contribution in [0.3, 0.4) is 0 Å². The molecule has 3 rings (SSSR count). The zero-order valence-electron chi connectivity index (χ0n) is 15.8. The smallest absolute Gasteiger partial charge is 0.266 e. The minimum Gasteiger partial charge on any atom is -0.489 e. The van der Waals surface area contributed by atoms with E-state index in [0.29, 0.717) is 17.9 Å². The van der Waals surface area contributed by atoms with Crippen molar-refractivity contribution in [2.75, 3.05) is 13.1 Å². The summed E-state index contributed by atoms with van der Waals surface area (Å²) in [6.45, 7) is 0.339. The van der Waals surface area contributed by atoms with Gasteiger partial charge in [-0.3, -0.25) is 10.0 Å². The Bertz CT molecular complexity index is 1030. The zero-order valence-corrected chi connectivity index (χ0v) is 17.3. The third-order valence-electron chi connectivity index (χ3n) is 5.04. The maximum atomic E-state index is 13.1. The van der Waals surface area contributed by atoms with Gasteiger partial charge in [-0.25, -0.2) is 18.3 Å². The minimum atomic E-state index is -3.98. The van der Waals surface area contributed by atoms with Crippen LogP contribution in [0.25, 0.3) is 0 Å². The Labute approximate surface area is 178 Å². The third kappa shape index (κ3) is 4.42. The van der Waals surface area contributed by atoms with E-state index in [9.17, 15) is 17.6 Å². The molecule has 8 nitrogen and oxygen atoms in total. The van der Waals surface area contributed by atoms with Crippen molar-refractivity contribution < 1.29 is 27.5 Å². The molecular formula is C19H21ClFN3O5S. The van der Waals surface area contributed by atoms with Crippen LogP contribution in [0.5, 0.6) is 5.75 Å². The van der Waals surface area contributed by atoms with E-state index in [1.807, 2.05) is 0 Å². The maximum Gasteiger partial charge on any atom is 0.266 e. The molecule has 0 radical (unpaired) electrons. The molecule has 1 fully saturated rings. The van der Waals surface area contributed by atoms with Gasteiger partial charge in [0.1, 0.15) is 23.7 Å². The highest BCUT2D eigenvalue weighted by Gasteiger charge is 2.50. The van der Waals surface area contributed by atoms with Crippen molar-refractivity contribution in [2.24, 2.45) is 5.73 Å². The number of rotatable bonds is 6. The third-order valence-corrected chi connectivity index (χ3v) is 7.72. The first-order valence-electron chi connectivity index (χ1n) is 9.03. The fraction of sp³-hybridized carbons (Fsp3) is 0.316. The van der Waals surface area contributed by atoms with Crippen molar-refractivity contribution in [3.05, 3.63) is 58.9 Å². The van der Waals surface area contributed by atoms with Crippen molar-refractivity contribution in [2.45, 2.75) is 28.7 Å². The van der Waals surface area contributed by atoms with Crippen LogP contribution in [-0.4, -0.2) is 43.4 Å². The van der Waals surface area contributed by atoms with Gasteiger partial charge in [-0.1, -0.05) is 17.7 Å². The molecule has 1 heterocycles. The fourth-order valence-corrected chi connectivity index (χ4v) is 5.59. The lowest BCUT2D eigenvalue weighted by Gasteiger charge is -2.38. The van der Waals surface area contributed by atoms with E-state index in [4.69, 9.17) is 27.3 Å². The summed E-state index contributed by atoms with van der Waals surface area (Å²) in [6.07, 6.45) is 0.105. The minimum absolute atomic E-state index is 0.0258. The maximum absolute atomic E-state index is 13.1. The van der Waals surface area contributed by atoms with Gasteiger partial charge >= 0.3 is 0 Å². The highest BCUT2D eigenvalue weighted by molar-refractivity contribution is 7.92. The molecule has 1 amide bonds. The van der Waals surface area contributed by atoms with E-state index >= 15 is 0 Å². The molecule has 1 aliphatic heterocycles. The first-order chi connectivity index (χ1) is 14.2. The number of halogens is 2. The Hall–Kier alpha value is -2.24. The molecule has 11 heteroatoms. The standard InChI is InChI=1S/C19H21ClFN3O5S/c20-16-9-13(21)2-1-12(16)10-29-14-3-5-15(6-4-14)30(27,28)17-7-8-23-11-19(17,22)18(25)24-26/h1-6,9,17,23,26H,7-8,10-11,22H2,(H,24,25). The van der Waals surface area contributed by atoms with Crippen molar-refractivity contribution in [1.82, 2.24) is 10.8 Å². The summed E-state index contributed by atoms with van der Waals surface area (Å²) in [6, 6.07) is 9.59. The van der Waals surface area contributed by atoms with Crippen molar-refractivity contribution >= 4 is 27.3 Å². The van der Waals surface area contributed by atoms with E-state index in [1.54, 1.807) is 0 Å². The average molecular weight is 458 g/mol. The van der Waals surface area contributed by atoms with Crippen LogP contribution in [0.4, 0.5) is 4.39 Å². The molecular weight excluding hydrogens is 437 g/mol. The molecule has 162 valence electrons. The average Bonchev–Trinajstić information content (AvgIpc) is 2.73. The van der Waals surface area contributed by atoms with Gasteiger partial charge in [0.25, 0.3) is 5.91 Å². The van der Waals surface area contributed by atoms with Crippen molar-refractivity contribution in [3.63, 3.8) is 0 Å². The summed E-state index contributed by atoms with van der Waals surface area (Å²) < 4.78 is 45.0. The largest absolute Gasteiger partial charge is 0.489 e. The molecule has 2 unspecified atom stereocenters. The van der Waals surface area contributed by atoms with Crippen molar-refractivity contribution in [3.8, 4) is 5.75 Å². The van der Waals surface area contributed by atoms with Crippen LogP contribution in [0.2, 0.25) is 5.02 Å².